The van der Waals surface area contributed by atoms with Gasteiger partial charge in [-0.05, 0) is 38.5 Å². The number of rotatable bonds is 36. The van der Waals surface area contributed by atoms with Crippen LogP contribution in [0.3, 0.4) is 0 Å². The van der Waals surface area contributed by atoms with E-state index in [9.17, 15) is 9.36 Å². The summed E-state index contributed by atoms with van der Waals surface area (Å²) in [5, 5.41) is 0. The number of allylic oxidation sites excluding steroid dienone is 2. The first-order valence-electron chi connectivity index (χ1n) is 19.0. The van der Waals surface area contributed by atoms with Crippen LogP contribution in [0.5, 0.6) is 0 Å². The normalized spacial score (nSPS) is 12.7. The zero-order valence-electron chi connectivity index (χ0n) is 29.5. The summed E-state index contributed by atoms with van der Waals surface area (Å²) in [4.78, 5) is 30.5. The first kappa shape index (κ1) is 44.3. The Morgan fingerprint density at radius 2 is 0.978 bits per heavy atom. The minimum Gasteiger partial charge on any atom is -0.457 e. The lowest BCUT2D eigenvalue weighted by atomic mass is 10.0. The zero-order chi connectivity index (χ0) is 33.1. The van der Waals surface area contributed by atoms with E-state index in [4.69, 9.17) is 19.3 Å². The third-order valence-electron chi connectivity index (χ3n) is 8.32. The minimum absolute atomic E-state index is 0.0800. The molecule has 0 aliphatic rings. The average molecular weight is 661 g/mol. The Kier molecular flexibility index (Phi) is 34.1. The number of carbonyl (C=O) groups is 1. The van der Waals surface area contributed by atoms with E-state index in [1.807, 2.05) is 0 Å². The fourth-order valence-electron chi connectivity index (χ4n) is 5.49. The summed E-state index contributed by atoms with van der Waals surface area (Å²) < 4.78 is 26.9. The fourth-order valence-corrected chi connectivity index (χ4v) is 5.86. The molecule has 0 aromatic rings. The molecule has 45 heavy (non-hydrogen) atoms. The van der Waals surface area contributed by atoms with Crippen LogP contribution in [-0.2, 0) is 23.4 Å². The molecule has 2 N–H and O–H groups in total. The van der Waals surface area contributed by atoms with Crippen molar-refractivity contribution in [3.63, 3.8) is 0 Å². The third-order valence-corrected chi connectivity index (χ3v) is 8.80. The molecule has 0 aromatic carbocycles. The number of phosphoric acid groups is 1. The van der Waals surface area contributed by atoms with Crippen LogP contribution in [0.1, 0.15) is 194 Å². The molecule has 0 unspecified atom stereocenters. The molecule has 0 rings (SSSR count). The highest BCUT2D eigenvalue weighted by molar-refractivity contribution is 7.46. The summed E-state index contributed by atoms with van der Waals surface area (Å²) in [5.41, 5.74) is 0. The van der Waals surface area contributed by atoms with Crippen LogP contribution in [-0.4, -0.2) is 41.7 Å². The lowest BCUT2D eigenvalue weighted by Crippen LogP contribution is -2.28. The van der Waals surface area contributed by atoms with Crippen molar-refractivity contribution in [2.45, 2.75) is 200 Å². The number of carbonyl (C=O) groups excluding carboxylic acids is 1. The maximum Gasteiger partial charge on any atom is 0.469 e. The second-order valence-electron chi connectivity index (χ2n) is 12.9. The molecule has 0 fully saturated rings. The van der Waals surface area contributed by atoms with Crippen molar-refractivity contribution >= 4 is 13.8 Å². The van der Waals surface area contributed by atoms with Crippen LogP contribution in [0, 0.1) is 0 Å². The van der Waals surface area contributed by atoms with Gasteiger partial charge in [-0.1, -0.05) is 161 Å². The Bertz CT molecular complexity index is 694. The number of hydrogen-bond donors (Lipinski definition) is 2. The molecule has 0 saturated carbocycles. The van der Waals surface area contributed by atoms with Gasteiger partial charge in [0.15, 0.2) is 0 Å². The molecule has 0 radical (unpaired) electrons. The van der Waals surface area contributed by atoms with Gasteiger partial charge in [0.05, 0.1) is 13.2 Å². The van der Waals surface area contributed by atoms with Crippen molar-refractivity contribution in [2.24, 2.45) is 0 Å². The van der Waals surface area contributed by atoms with Crippen molar-refractivity contribution < 1.29 is 33.1 Å². The summed E-state index contributed by atoms with van der Waals surface area (Å²) in [5.74, 6) is -0.369. The van der Waals surface area contributed by atoms with E-state index in [2.05, 4.69) is 30.5 Å². The molecule has 268 valence electrons. The van der Waals surface area contributed by atoms with Gasteiger partial charge in [0.2, 0.25) is 0 Å². The summed E-state index contributed by atoms with van der Waals surface area (Å²) in [6, 6.07) is 0. The Labute approximate surface area is 278 Å². The second-order valence-corrected chi connectivity index (χ2v) is 14.1. The van der Waals surface area contributed by atoms with Gasteiger partial charge in [0, 0.05) is 13.0 Å². The predicted octanol–water partition coefficient (Wildman–Crippen LogP) is 11.5. The lowest BCUT2D eigenvalue weighted by molar-refractivity contribution is -0.154. The van der Waals surface area contributed by atoms with Crippen LogP contribution < -0.4 is 0 Å². The summed E-state index contributed by atoms with van der Waals surface area (Å²) >= 11 is 0. The highest BCUT2D eigenvalue weighted by Crippen LogP contribution is 2.36. The van der Waals surface area contributed by atoms with E-state index >= 15 is 0 Å². The van der Waals surface area contributed by atoms with Crippen LogP contribution in [0.15, 0.2) is 12.2 Å². The highest BCUT2D eigenvalue weighted by Gasteiger charge is 2.21. The third kappa shape index (κ3) is 37.6. The van der Waals surface area contributed by atoms with E-state index in [0.717, 1.165) is 44.9 Å². The Hall–Kier alpha value is -0.720. The van der Waals surface area contributed by atoms with Crippen molar-refractivity contribution in [1.82, 2.24) is 0 Å². The average Bonchev–Trinajstić information content (AvgIpc) is 3.01. The summed E-state index contributed by atoms with van der Waals surface area (Å²) in [6.45, 7) is 4.75. The van der Waals surface area contributed by atoms with Crippen LogP contribution in [0.25, 0.3) is 0 Å². The molecule has 0 saturated heterocycles. The van der Waals surface area contributed by atoms with E-state index in [-0.39, 0.29) is 19.2 Å². The molecule has 0 aliphatic heterocycles. The number of phosphoric ester groups is 1. The first-order chi connectivity index (χ1) is 21.9. The minimum atomic E-state index is -4.64. The van der Waals surface area contributed by atoms with Crippen molar-refractivity contribution in [3.8, 4) is 0 Å². The van der Waals surface area contributed by atoms with Gasteiger partial charge in [-0.3, -0.25) is 9.32 Å². The Morgan fingerprint density at radius 1 is 0.578 bits per heavy atom. The molecular formula is C37H73O7P. The van der Waals surface area contributed by atoms with Crippen molar-refractivity contribution in [1.29, 1.82) is 0 Å². The Balaban J connectivity index is 3.80. The van der Waals surface area contributed by atoms with E-state index in [1.165, 1.54) is 128 Å². The number of ether oxygens (including phenoxy) is 2. The first-order valence-corrected chi connectivity index (χ1v) is 20.5. The second kappa shape index (κ2) is 34.6. The fraction of sp³-hybridized carbons (Fsp3) is 0.919. The number of esters is 1. The van der Waals surface area contributed by atoms with Crippen LogP contribution in [0.2, 0.25) is 0 Å². The molecule has 8 heteroatoms. The van der Waals surface area contributed by atoms with Gasteiger partial charge in [-0.15, -0.1) is 0 Å². The monoisotopic (exact) mass is 661 g/mol. The molecule has 0 aliphatic carbocycles. The van der Waals surface area contributed by atoms with Gasteiger partial charge < -0.3 is 19.3 Å². The number of hydrogen-bond acceptors (Lipinski definition) is 5. The molecule has 0 spiro atoms. The van der Waals surface area contributed by atoms with Crippen LogP contribution in [0.4, 0.5) is 0 Å². The topological polar surface area (TPSA) is 102 Å². The molecule has 0 aromatic heterocycles. The lowest BCUT2D eigenvalue weighted by Gasteiger charge is -2.18. The zero-order valence-corrected chi connectivity index (χ0v) is 30.4. The predicted molar refractivity (Wildman–Crippen MR) is 188 cm³/mol. The van der Waals surface area contributed by atoms with Gasteiger partial charge in [0.25, 0.3) is 0 Å². The van der Waals surface area contributed by atoms with Gasteiger partial charge in [0.1, 0.15) is 6.10 Å². The molecule has 7 nitrogen and oxygen atoms in total. The van der Waals surface area contributed by atoms with Crippen molar-refractivity contribution in [2.75, 3.05) is 19.8 Å². The van der Waals surface area contributed by atoms with Crippen LogP contribution >= 0.6 is 7.82 Å². The molecule has 0 heterocycles. The quantitative estimate of drug-likeness (QED) is 0.0298. The molecule has 0 bridgehead atoms. The summed E-state index contributed by atoms with van der Waals surface area (Å²) in [6.07, 6.45) is 37.7. The summed E-state index contributed by atoms with van der Waals surface area (Å²) in [7, 11) is -4.64. The molecule has 0 amide bonds. The van der Waals surface area contributed by atoms with E-state index in [0.29, 0.717) is 13.0 Å². The van der Waals surface area contributed by atoms with E-state index in [1.54, 1.807) is 0 Å². The highest BCUT2D eigenvalue weighted by atomic mass is 31.2. The standard InChI is InChI=1S/C37H73O7P/c1-3-5-7-9-11-13-15-17-18-19-21-23-25-27-29-31-33-42-34-36(35-43-45(39,40)41)44-37(38)32-30-28-26-24-22-20-16-14-12-10-8-6-4-2/h14,16,36H,3-13,15,17-35H2,1-2H3,(H2,39,40,41)/b16-14-/t36-/m1/s1. The number of unbranched alkanes of at least 4 members (excludes halogenated alkanes) is 24. The van der Waals surface area contributed by atoms with Gasteiger partial charge >= 0.3 is 13.8 Å². The SMILES string of the molecule is CCCCCC/C=C\CCCCCCCC(=O)O[C@H](COCCCCCCCCCCCCCCCCCC)COP(=O)(O)O. The molecule has 1 atom stereocenters. The maximum atomic E-state index is 12.3. The van der Waals surface area contributed by atoms with Gasteiger partial charge in [-0.25, -0.2) is 4.57 Å². The maximum absolute atomic E-state index is 12.3. The largest absolute Gasteiger partial charge is 0.469 e. The smallest absolute Gasteiger partial charge is 0.457 e. The van der Waals surface area contributed by atoms with E-state index < -0.39 is 13.9 Å². The Morgan fingerprint density at radius 3 is 1.44 bits per heavy atom. The van der Waals surface area contributed by atoms with Crippen molar-refractivity contribution in [3.05, 3.63) is 12.2 Å². The molecular weight excluding hydrogens is 587 g/mol. The van der Waals surface area contributed by atoms with Gasteiger partial charge in [-0.2, -0.15) is 0 Å².